The summed E-state index contributed by atoms with van der Waals surface area (Å²) in [6, 6.07) is 8.26. The summed E-state index contributed by atoms with van der Waals surface area (Å²) in [4.78, 5) is 4.52. The predicted molar refractivity (Wildman–Crippen MR) is 81.8 cm³/mol. The molecule has 22 heavy (non-hydrogen) atoms. The summed E-state index contributed by atoms with van der Waals surface area (Å²) in [5.74, 6) is 0.367. The number of rotatable bonds is 5. The van der Waals surface area contributed by atoms with Gasteiger partial charge in [-0.2, -0.15) is 0 Å². The first-order chi connectivity index (χ1) is 10.7. The average Bonchev–Trinajstić information content (AvgIpc) is 3.01. The van der Waals surface area contributed by atoms with Crippen LogP contribution < -0.4 is 10.6 Å². The van der Waals surface area contributed by atoms with Crippen molar-refractivity contribution in [2.24, 2.45) is 0 Å². The number of benzene rings is 1. The van der Waals surface area contributed by atoms with Gasteiger partial charge in [0.15, 0.2) is 0 Å². The molecule has 1 aliphatic heterocycles. The van der Waals surface area contributed by atoms with Gasteiger partial charge in [-0.25, -0.2) is 9.37 Å². The van der Waals surface area contributed by atoms with Gasteiger partial charge in [-0.15, -0.1) is 0 Å². The lowest BCUT2D eigenvalue weighted by molar-refractivity contribution is 0.105. The third-order valence-electron chi connectivity index (χ3n) is 3.69. The molecule has 4 N–H and O–H groups in total. The van der Waals surface area contributed by atoms with E-state index >= 15 is 0 Å². The fourth-order valence-corrected chi connectivity index (χ4v) is 2.54. The number of halogens is 1. The van der Waals surface area contributed by atoms with Crippen LogP contribution in [-0.2, 0) is 13.1 Å². The molecule has 1 aliphatic rings. The summed E-state index contributed by atoms with van der Waals surface area (Å²) in [5, 5.41) is 24.6. The normalized spacial score (nSPS) is 14.7. The van der Waals surface area contributed by atoms with E-state index in [0.29, 0.717) is 12.4 Å². The lowest BCUT2D eigenvalue weighted by Crippen LogP contribution is -2.23. The van der Waals surface area contributed by atoms with Crippen LogP contribution in [0, 0.1) is 5.82 Å². The number of hydrogen-bond acceptors (Lipinski definition) is 5. The molecule has 116 valence electrons. The Hall–Kier alpha value is -2.02. The van der Waals surface area contributed by atoms with E-state index in [0.717, 1.165) is 28.9 Å². The molecule has 0 saturated heterocycles. The molecule has 5 nitrogen and oxygen atoms in total. The fraction of sp³-hybridized carbons (Fsp3) is 0.312. The second-order valence-corrected chi connectivity index (χ2v) is 5.31. The van der Waals surface area contributed by atoms with Crippen LogP contribution in [0.2, 0.25) is 0 Å². The highest BCUT2D eigenvalue weighted by Gasteiger charge is 2.18. The Labute approximate surface area is 127 Å². The first-order valence-electron chi connectivity index (χ1n) is 7.19. The second-order valence-electron chi connectivity index (χ2n) is 5.31. The van der Waals surface area contributed by atoms with Crippen molar-refractivity contribution in [3.63, 3.8) is 0 Å². The van der Waals surface area contributed by atoms with Crippen LogP contribution in [0.1, 0.15) is 11.3 Å². The minimum Gasteiger partial charge on any atom is -0.394 e. The van der Waals surface area contributed by atoms with Gasteiger partial charge in [0.05, 0.1) is 18.4 Å². The Morgan fingerprint density at radius 1 is 1.27 bits per heavy atom. The van der Waals surface area contributed by atoms with Crippen molar-refractivity contribution in [1.82, 2.24) is 10.3 Å². The molecule has 1 aromatic carbocycles. The van der Waals surface area contributed by atoms with E-state index in [9.17, 15) is 9.50 Å². The molecule has 0 spiro atoms. The number of hydrogen-bond donors (Lipinski definition) is 4. The third-order valence-corrected chi connectivity index (χ3v) is 3.69. The maximum Gasteiger partial charge on any atom is 0.127 e. The molecule has 1 aromatic heterocycles. The number of nitrogens with zero attached hydrogens (tertiary/aromatic N) is 1. The van der Waals surface area contributed by atoms with E-state index in [2.05, 4.69) is 15.6 Å². The lowest BCUT2D eigenvalue weighted by atomic mass is 10.00. The van der Waals surface area contributed by atoms with E-state index in [1.165, 1.54) is 12.1 Å². The Balaban J connectivity index is 1.94. The van der Waals surface area contributed by atoms with Crippen molar-refractivity contribution in [3.05, 3.63) is 47.4 Å². The summed E-state index contributed by atoms with van der Waals surface area (Å²) in [6.07, 6.45) is -0.831. The molecule has 0 aliphatic carbocycles. The Bertz CT molecular complexity index is 661. The quantitative estimate of drug-likeness (QED) is 0.669. The van der Waals surface area contributed by atoms with Crippen molar-refractivity contribution < 1.29 is 14.6 Å². The Kier molecular flexibility index (Phi) is 4.33. The molecule has 3 rings (SSSR count). The number of pyridine rings is 1. The zero-order chi connectivity index (χ0) is 15.5. The average molecular weight is 303 g/mol. The third kappa shape index (κ3) is 3.09. The number of aliphatic hydroxyl groups is 2. The zero-order valence-electron chi connectivity index (χ0n) is 12.0. The fourth-order valence-electron chi connectivity index (χ4n) is 2.54. The molecule has 2 heterocycles. The standard InChI is InChI=1S/C16H18FN3O2/c17-11-3-1-10(2-4-11)13-5-16(19-6-12(22)9-21)20-15-8-18-7-14(13)15/h1-5,12,18,21-22H,6-9H2,(H,19,20). The summed E-state index contributed by atoms with van der Waals surface area (Å²) >= 11 is 0. The first-order valence-corrected chi connectivity index (χ1v) is 7.19. The molecule has 0 fully saturated rings. The maximum absolute atomic E-state index is 13.1. The van der Waals surface area contributed by atoms with E-state index in [1.807, 2.05) is 6.07 Å². The van der Waals surface area contributed by atoms with Gasteiger partial charge >= 0.3 is 0 Å². The van der Waals surface area contributed by atoms with Crippen molar-refractivity contribution in [2.75, 3.05) is 18.5 Å². The highest BCUT2D eigenvalue weighted by atomic mass is 19.1. The molecule has 1 atom stereocenters. The second kappa shape index (κ2) is 6.39. The van der Waals surface area contributed by atoms with Crippen molar-refractivity contribution in [2.45, 2.75) is 19.2 Å². The number of fused-ring (bicyclic) bond motifs is 1. The van der Waals surface area contributed by atoms with Crippen LogP contribution in [0.5, 0.6) is 0 Å². The molecule has 0 saturated carbocycles. The minimum atomic E-state index is -0.831. The molecule has 1 unspecified atom stereocenters. The lowest BCUT2D eigenvalue weighted by Gasteiger charge is -2.14. The molecule has 0 bridgehead atoms. The number of aromatic nitrogens is 1. The molecular formula is C16H18FN3O2. The molecular weight excluding hydrogens is 285 g/mol. The Morgan fingerprint density at radius 3 is 2.77 bits per heavy atom. The van der Waals surface area contributed by atoms with Crippen LogP contribution in [0.15, 0.2) is 30.3 Å². The van der Waals surface area contributed by atoms with Crippen LogP contribution in [-0.4, -0.2) is 34.5 Å². The number of anilines is 1. The highest BCUT2D eigenvalue weighted by Crippen LogP contribution is 2.30. The van der Waals surface area contributed by atoms with Gasteiger partial charge in [0.25, 0.3) is 0 Å². The van der Waals surface area contributed by atoms with Gasteiger partial charge < -0.3 is 20.8 Å². The Morgan fingerprint density at radius 2 is 2.05 bits per heavy atom. The van der Waals surface area contributed by atoms with E-state index in [-0.39, 0.29) is 19.0 Å². The van der Waals surface area contributed by atoms with Gasteiger partial charge in [-0.1, -0.05) is 12.1 Å². The van der Waals surface area contributed by atoms with Gasteiger partial charge in [0, 0.05) is 19.6 Å². The van der Waals surface area contributed by atoms with E-state index < -0.39 is 6.10 Å². The predicted octanol–water partition coefficient (Wildman–Crippen LogP) is 1.26. The van der Waals surface area contributed by atoms with Crippen LogP contribution in [0.25, 0.3) is 11.1 Å². The molecule has 0 radical (unpaired) electrons. The monoisotopic (exact) mass is 303 g/mol. The minimum absolute atomic E-state index is 0.221. The SMILES string of the molecule is OCC(O)CNc1cc(-c2ccc(F)cc2)c2c(n1)CNC2. The van der Waals surface area contributed by atoms with Gasteiger partial charge in [-0.3, -0.25) is 0 Å². The van der Waals surface area contributed by atoms with Crippen LogP contribution in [0.4, 0.5) is 10.2 Å². The maximum atomic E-state index is 13.1. The number of aliphatic hydroxyl groups excluding tert-OH is 2. The van der Waals surface area contributed by atoms with Gasteiger partial charge in [-0.05, 0) is 34.9 Å². The summed E-state index contributed by atoms with van der Waals surface area (Å²) in [7, 11) is 0. The van der Waals surface area contributed by atoms with Gasteiger partial charge in [0.2, 0.25) is 0 Å². The largest absolute Gasteiger partial charge is 0.394 e. The van der Waals surface area contributed by atoms with Crippen LogP contribution >= 0.6 is 0 Å². The number of nitrogens with one attached hydrogen (secondary N) is 2. The van der Waals surface area contributed by atoms with Crippen molar-refractivity contribution >= 4 is 5.82 Å². The summed E-state index contributed by atoms with van der Waals surface area (Å²) in [5.41, 5.74) is 3.98. The first kappa shape index (κ1) is 14.9. The van der Waals surface area contributed by atoms with E-state index in [4.69, 9.17) is 5.11 Å². The highest BCUT2D eigenvalue weighted by molar-refractivity contribution is 5.71. The molecule has 0 amide bonds. The van der Waals surface area contributed by atoms with Gasteiger partial charge in [0.1, 0.15) is 11.6 Å². The van der Waals surface area contributed by atoms with E-state index in [1.54, 1.807) is 12.1 Å². The molecule has 6 heteroatoms. The summed E-state index contributed by atoms with van der Waals surface area (Å²) in [6.45, 7) is 1.33. The zero-order valence-corrected chi connectivity index (χ0v) is 12.0. The smallest absolute Gasteiger partial charge is 0.127 e. The van der Waals surface area contributed by atoms with Crippen molar-refractivity contribution in [1.29, 1.82) is 0 Å². The topological polar surface area (TPSA) is 77.4 Å². The molecule has 2 aromatic rings. The van der Waals surface area contributed by atoms with Crippen LogP contribution in [0.3, 0.4) is 0 Å². The van der Waals surface area contributed by atoms with Crippen molar-refractivity contribution in [3.8, 4) is 11.1 Å². The summed E-state index contributed by atoms with van der Waals surface area (Å²) < 4.78 is 13.1.